The number of rotatable bonds is 5. The molecule has 0 aromatic heterocycles. The van der Waals surface area contributed by atoms with E-state index in [1.54, 1.807) is 0 Å². The number of hydrogen-bond donors (Lipinski definition) is 2. The highest BCUT2D eigenvalue weighted by molar-refractivity contribution is 5.90. The molecule has 0 radical (unpaired) electrons. The van der Waals surface area contributed by atoms with Gasteiger partial charge in [-0.05, 0) is 36.8 Å². The van der Waals surface area contributed by atoms with Gasteiger partial charge in [0.2, 0.25) is 0 Å². The average molecular weight is 335 g/mol. The van der Waals surface area contributed by atoms with Gasteiger partial charge in [-0.3, -0.25) is 4.79 Å². The molecular formula is C18H25NO5. The molecule has 132 valence electrons. The van der Waals surface area contributed by atoms with E-state index in [4.69, 9.17) is 9.94 Å². The van der Waals surface area contributed by atoms with Gasteiger partial charge in [-0.1, -0.05) is 20.8 Å². The van der Waals surface area contributed by atoms with Crippen LogP contribution in [0.25, 0.3) is 0 Å². The largest absolute Gasteiger partial charge is 0.595 e. The number of hydrogen-bond acceptors (Lipinski definition) is 5. The van der Waals surface area contributed by atoms with Crippen molar-refractivity contribution in [2.24, 2.45) is 23.7 Å². The fourth-order valence-electron chi connectivity index (χ4n) is 3.25. The minimum Gasteiger partial charge on any atom is -0.595 e. The topological polar surface area (TPSA) is 91.1 Å². The Balaban J connectivity index is 1.98. The van der Waals surface area contributed by atoms with E-state index in [9.17, 15) is 14.8 Å². The number of ether oxygens (including phenoxy) is 1. The molecule has 0 bridgehead atoms. The molecule has 1 aromatic carbocycles. The zero-order valence-corrected chi connectivity index (χ0v) is 14.3. The van der Waals surface area contributed by atoms with E-state index in [1.807, 2.05) is 20.8 Å². The van der Waals surface area contributed by atoms with Gasteiger partial charge in [0.15, 0.2) is 5.69 Å². The predicted octanol–water partition coefficient (Wildman–Crippen LogP) is 2.13. The molecule has 0 heterocycles. The molecule has 1 aromatic rings. The van der Waals surface area contributed by atoms with E-state index in [-0.39, 0.29) is 41.4 Å². The van der Waals surface area contributed by atoms with Crippen LogP contribution in [0.4, 0.5) is 5.69 Å². The number of esters is 1. The molecule has 2 rings (SSSR count). The zero-order chi connectivity index (χ0) is 17.9. The molecule has 24 heavy (non-hydrogen) atoms. The standard InChI is InChI=1S/C18H25NO5/c1-11(2)15-9-4-12(3)16(17(15)20)10-24-18(21)13-5-7-14(8-6-13)19(22)23/h5-8,11-12,15-16,19,22H,4,9-10H2,1-3H3/t12-,15+,16+/m0/s1. The van der Waals surface area contributed by atoms with Crippen LogP contribution < -0.4 is 5.23 Å². The van der Waals surface area contributed by atoms with Crippen molar-refractivity contribution in [1.29, 1.82) is 0 Å². The molecular weight excluding hydrogens is 310 g/mol. The maximum atomic E-state index is 12.6. The maximum Gasteiger partial charge on any atom is 0.338 e. The van der Waals surface area contributed by atoms with E-state index >= 15 is 0 Å². The van der Waals surface area contributed by atoms with Crippen molar-refractivity contribution in [3.8, 4) is 0 Å². The number of quaternary nitrogens is 1. The molecule has 2 N–H and O–H groups in total. The molecule has 0 saturated heterocycles. The van der Waals surface area contributed by atoms with Gasteiger partial charge in [0.05, 0.1) is 11.5 Å². The van der Waals surface area contributed by atoms with Crippen molar-refractivity contribution in [2.75, 3.05) is 6.61 Å². The smallest absolute Gasteiger partial charge is 0.338 e. The highest BCUT2D eigenvalue weighted by Crippen LogP contribution is 2.34. The van der Waals surface area contributed by atoms with E-state index in [1.165, 1.54) is 24.3 Å². The van der Waals surface area contributed by atoms with Gasteiger partial charge < -0.3 is 9.94 Å². The Morgan fingerprint density at radius 1 is 1.33 bits per heavy atom. The second-order valence-electron chi connectivity index (χ2n) is 6.89. The van der Waals surface area contributed by atoms with E-state index in [0.29, 0.717) is 5.92 Å². The Kier molecular flexibility index (Phi) is 6.10. The van der Waals surface area contributed by atoms with Crippen LogP contribution in [-0.2, 0) is 9.53 Å². The number of nitrogens with one attached hydrogen (secondary N) is 1. The molecule has 1 unspecified atom stereocenters. The van der Waals surface area contributed by atoms with Crippen molar-refractivity contribution in [3.05, 3.63) is 35.0 Å². The molecule has 4 atom stereocenters. The Morgan fingerprint density at radius 3 is 2.50 bits per heavy atom. The summed E-state index contributed by atoms with van der Waals surface area (Å²) in [6, 6.07) is 5.58. The second kappa shape index (κ2) is 7.88. The van der Waals surface area contributed by atoms with Gasteiger partial charge in [0.1, 0.15) is 12.4 Å². The SMILES string of the molecule is CC(C)[C@H]1CC[C@H](C)[C@@H](COC(=O)c2ccc([NH+]([O-])O)cc2)C1=O. The Bertz CT molecular complexity index is 582. The van der Waals surface area contributed by atoms with E-state index < -0.39 is 11.2 Å². The first kappa shape index (κ1) is 18.6. The highest BCUT2D eigenvalue weighted by Gasteiger charge is 2.37. The van der Waals surface area contributed by atoms with E-state index in [0.717, 1.165) is 12.8 Å². The Morgan fingerprint density at radius 2 is 1.96 bits per heavy atom. The van der Waals surface area contributed by atoms with Crippen molar-refractivity contribution in [1.82, 2.24) is 0 Å². The lowest BCUT2D eigenvalue weighted by atomic mass is 9.70. The number of benzene rings is 1. The summed E-state index contributed by atoms with van der Waals surface area (Å²) in [4.78, 5) is 24.7. The number of Topliss-reactive ketones (excluding diaryl/α,β-unsaturated/α-hetero) is 1. The first-order valence-corrected chi connectivity index (χ1v) is 8.35. The number of ketones is 1. The van der Waals surface area contributed by atoms with Gasteiger partial charge in [-0.15, -0.1) is 0 Å². The average Bonchev–Trinajstić information content (AvgIpc) is 2.54. The van der Waals surface area contributed by atoms with Crippen LogP contribution >= 0.6 is 0 Å². The lowest BCUT2D eigenvalue weighted by Gasteiger charge is -2.34. The van der Waals surface area contributed by atoms with Gasteiger partial charge in [-0.25, -0.2) is 10.0 Å². The third-order valence-electron chi connectivity index (χ3n) is 4.92. The normalized spacial score (nSPS) is 25.6. The molecule has 0 amide bonds. The number of carbonyl (C=O) groups excluding carboxylic acids is 2. The van der Waals surface area contributed by atoms with Crippen LogP contribution in [0.15, 0.2) is 24.3 Å². The zero-order valence-electron chi connectivity index (χ0n) is 14.3. The summed E-state index contributed by atoms with van der Waals surface area (Å²) < 4.78 is 5.33. The Labute approximate surface area is 141 Å². The quantitative estimate of drug-likeness (QED) is 0.635. The van der Waals surface area contributed by atoms with Gasteiger partial charge in [-0.2, -0.15) is 5.23 Å². The van der Waals surface area contributed by atoms with Crippen molar-refractivity contribution < 1.29 is 24.8 Å². The molecule has 1 fully saturated rings. The van der Waals surface area contributed by atoms with Crippen molar-refractivity contribution in [2.45, 2.75) is 33.6 Å². The molecule has 6 nitrogen and oxygen atoms in total. The minimum atomic E-state index is -1.05. The molecule has 0 spiro atoms. The monoisotopic (exact) mass is 335 g/mol. The van der Waals surface area contributed by atoms with Crippen molar-refractivity contribution in [3.63, 3.8) is 0 Å². The third kappa shape index (κ3) is 4.20. The van der Waals surface area contributed by atoms with Crippen molar-refractivity contribution >= 4 is 17.4 Å². The second-order valence-corrected chi connectivity index (χ2v) is 6.89. The summed E-state index contributed by atoms with van der Waals surface area (Å²) in [7, 11) is 0. The van der Waals surface area contributed by atoms with Gasteiger partial charge in [0.25, 0.3) is 0 Å². The molecule has 1 aliphatic carbocycles. The first-order valence-electron chi connectivity index (χ1n) is 8.35. The predicted molar refractivity (Wildman–Crippen MR) is 87.7 cm³/mol. The highest BCUT2D eigenvalue weighted by atomic mass is 16.8. The lowest BCUT2D eigenvalue weighted by molar-refractivity contribution is -0.991. The van der Waals surface area contributed by atoms with E-state index in [2.05, 4.69) is 0 Å². The van der Waals surface area contributed by atoms with Crippen LogP contribution in [0.3, 0.4) is 0 Å². The summed E-state index contributed by atoms with van der Waals surface area (Å²) in [5.74, 6) is -0.0500. The van der Waals surface area contributed by atoms with Gasteiger partial charge in [0, 0.05) is 18.1 Å². The Hall–Kier alpha value is -1.76. The molecule has 1 saturated carbocycles. The fraction of sp³-hybridized carbons (Fsp3) is 0.556. The van der Waals surface area contributed by atoms with Crippen LogP contribution in [0, 0.1) is 28.9 Å². The summed E-state index contributed by atoms with van der Waals surface area (Å²) in [6.45, 7) is 6.20. The number of carbonyl (C=O) groups is 2. The summed E-state index contributed by atoms with van der Waals surface area (Å²) >= 11 is 0. The van der Waals surface area contributed by atoms with Gasteiger partial charge >= 0.3 is 5.97 Å². The van der Waals surface area contributed by atoms with Crippen LogP contribution in [0.5, 0.6) is 0 Å². The molecule has 1 aliphatic rings. The van der Waals surface area contributed by atoms with Crippen LogP contribution in [0.1, 0.15) is 44.0 Å². The lowest BCUT2D eigenvalue weighted by Crippen LogP contribution is -2.99. The summed E-state index contributed by atoms with van der Waals surface area (Å²) in [6.07, 6.45) is 1.86. The van der Waals surface area contributed by atoms with Crippen LogP contribution in [-0.4, -0.2) is 23.6 Å². The fourth-order valence-corrected chi connectivity index (χ4v) is 3.25. The first-order chi connectivity index (χ1) is 11.3. The molecule has 6 heteroatoms. The molecule has 0 aliphatic heterocycles. The third-order valence-corrected chi connectivity index (χ3v) is 4.92. The summed E-state index contributed by atoms with van der Waals surface area (Å²) in [5.41, 5.74) is 0.402. The maximum absolute atomic E-state index is 12.6. The summed E-state index contributed by atoms with van der Waals surface area (Å²) in [5, 5.41) is 18.6. The van der Waals surface area contributed by atoms with Crippen LogP contribution in [0.2, 0.25) is 0 Å². The minimum absolute atomic E-state index is 0.0414.